The van der Waals surface area contributed by atoms with Gasteiger partial charge in [0.05, 0.1) is 11.9 Å². The molecule has 2 heterocycles. The van der Waals surface area contributed by atoms with Crippen molar-refractivity contribution in [2.45, 2.75) is 26.7 Å². The number of amides is 1. The summed E-state index contributed by atoms with van der Waals surface area (Å²) >= 11 is 0. The van der Waals surface area contributed by atoms with Crippen LogP contribution in [0.3, 0.4) is 0 Å². The summed E-state index contributed by atoms with van der Waals surface area (Å²) in [7, 11) is 0. The zero-order chi connectivity index (χ0) is 18.0. The van der Waals surface area contributed by atoms with Gasteiger partial charge in [-0.1, -0.05) is 36.8 Å². The van der Waals surface area contributed by atoms with Crippen molar-refractivity contribution in [2.75, 3.05) is 6.54 Å². The normalized spacial score (nSPS) is 11.2. The van der Waals surface area contributed by atoms with E-state index in [0.29, 0.717) is 17.8 Å². The molecule has 7 heteroatoms. The predicted molar refractivity (Wildman–Crippen MR) is 90.7 cm³/mol. The van der Waals surface area contributed by atoms with Gasteiger partial charge in [-0.3, -0.25) is 4.79 Å². The molecule has 0 unspecified atom stereocenters. The van der Waals surface area contributed by atoms with Gasteiger partial charge in [-0.05, 0) is 19.4 Å². The van der Waals surface area contributed by atoms with Crippen molar-refractivity contribution in [1.82, 2.24) is 19.9 Å². The topological polar surface area (TPSA) is 59.3 Å². The van der Waals surface area contributed by atoms with Gasteiger partial charge in [0.15, 0.2) is 5.65 Å². The number of carbonyl (C=O) groups is 1. The Bertz CT molecular complexity index is 903. The van der Waals surface area contributed by atoms with Crippen molar-refractivity contribution in [3.63, 3.8) is 0 Å². The summed E-state index contributed by atoms with van der Waals surface area (Å²) < 4.78 is 28.0. The average Bonchev–Trinajstić information content (AvgIpc) is 3.03. The minimum absolute atomic E-state index is 0.127. The quantitative estimate of drug-likeness (QED) is 0.766. The van der Waals surface area contributed by atoms with Crippen LogP contribution in [-0.4, -0.2) is 27.0 Å². The SMILES string of the molecule is CCCNC(=O)c1cnn2c(C(F)F)cc(-c3ccc(C)cc3)nc12. The van der Waals surface area contributed by atoms with Gasteiger partial charge >= 0.3 is 0 Å². The molecule has 0 radical (unpaired) electrons. The molecule has 3 aromatic rings. The first kappa shape index (κ1) is 17.0. The maximum atomic E-state index is 13.5. The van der Waals surface area contributed by atoms with Crippen LogP contribution in [0.5, 0.6) is 0 Å². The Morgan fingerprint density at radius 3 is 2.64 bits per heavy atom. The van der Waals surface area contributed by atoms with E-state index in [0.717, 1.165) is 16.5 Å². The number of fused-ring (bicyclic) bond motifs is 1. The molecule has 0 fully saturated rings. The zero-order valence-corrected chi connectivity index (χ0v) is 14.0. The smallest absolute Gasteiger partial charge is 0.280 e. The number of halogens is 2. The molecule has 3 rings (SSSR count). The van der Waals surface area contributed by atoms with Gasteiger partial charge in [0.25, 0.3) is 12.3 Å². The number of aromatic nitrogens is 3. The summed E-state index contributed by atoms with van der Waals surface area (Å²) in [4.78, 5) is 16.7. The van der Waals surface area contributed by atoms with E-state index >= 15 is 0 Å². The first-order chi connectivity index (χ1) is 12.0. The summed E-state index contributed by atoms with van der Waals surface area (Å²) in [6, 6.07) is 8.71. The molecule has 2 aromatic heterocycles. The molecular weight excluding hydrogens is 326 g/mol. The molecule has 0 saturated carbocycles. The van der Waals surface area contributed by atoms with Gasteiger partial charge in [0, 0.05) is 12.1 Å². The molecule has 0 aliphatic rings. The van der Waals surface area contributed by atoms with Crippen molar-refractivity contribution in [3.05, 3.63) is 53.3 Å². The predicted octanol–water partition coefficient (Wildman–Crippen LogP) is 3.78. The van der Waals surface area contributed by atoms with Gasteiger partial charge in [-0.25, -0.2) is 18.3 Å². The lowest BCUT2D eigenvalue weighted by Crippen LogP contribution is -2.24. The third-order valence-corrected chi connectivity index (χ3v) is 3.85. The van der Waals surface area contributed by atoms with E-state index in [-0.39, 0.29) is 22.8 Å². The summed E-state index contributed by atoms with van der Waals surface area (Å²) in [5.41, 5.74) is 2.16. The standard InChI is InChI=1S/C18H18F2N4O/c1-3-8-21-18(25)13-10-22-24-15(16(19)20)9-14(23-17(13)24)12-6-4-11(2)5-7-12/h4-7,9-10,16H,3,8H2,1-2H3,(H,21,25). The molecule has 0 saturated heterocycles. The Kier molecular flexibility index (Phi) is 4.74. The summed E-state index contributed by atoms with van der Waals surface area (Å²) in [5, 5.41) is 6.65. The van der Waals surface area contributed by atoms with Crippen LogP contribution in [0.15, 0.2) is 36.5 Å². The maximum absolute atomic E-state index is 13.5. The third kappa shape index (κ3) is 3.35. The van der Waals surface area contributed by atoms with Crippen molar-refractivity contribution < 1.29 is 13.6 Å². The molecule has 5 nitrogen and oxygen atoms in total. The number of benzene rings is 1. The fourth-order valence-electron chi connectivity index (χ4n) is 2.51. The van der Waals surface area contributed by atoms with Gasteiger partial charge in [0.2, 0.25) is 0 Å². The lowest BCUT2D eigenvalue weighted by molar-refractivity contribution is 0.0955. The third-order valence-electron chi connectivity index (χ3n) is 3.85. The summed E-state index contributed by atoms with van der Waals surface area (Å²) in [5.74, 6) is -0.370. The Hall–Kier alpha value is -2.83. The second kappa shape index (κ2) is 6.96. The average molecular weight is 344 g/mol. The van der Waals surface area contributed by atoms with Gasteiger partial charge < -0.3 is 5.32 Å². The van der Waals surface area contributed by atoms with Crippen LogP contribution in [0.2, 0.25) is 0 Å². The van der Waals surface area contributed by atoms with E-state index in [1.165, 1.54) is 12.3 Å². The van der Waals surface area contributed by atoms with Crippen LogP contribution in [0, 0.1) is 6.92 Å². The van der Waals surface area contributed by atoms with E-state index in [1.807, 2.05) is 38.1 Å². The maximum Gasteiger partial charge on any atom is 0.280 e. The van der Waals surface area contributed by atoms with E-state index < -0.39 is 6.43 Å². The van der Waals surface area contributed by atoms with Crippen molar-refractivity contribution in [3.8, 4) is 11.3 Å². The van der Waals surface area contributed by atoms with Crippen LogP contribution in [0.25, 0.3) is 16.9 Å². The lowest BCUT2D eigenvalue weighted by atomic mass is 10.1. The Morgan fingerprint density at radius 1 is 1.28 bits per heavy atom. The fraction of sp³-hybridized carbons (Fsp3) is 0.278. The zero-order valence-electron chi connectivity index (χ0n) is 14.0. The molecule has 25 heavy (non-hydrogen) atoms. The highest BCUT2D eigenvalue weighted by Crippen LogP contribution is 2.27. The van der Waals surface area contributed by atoms with E-state index in [4.69, 9.17) is 0 Å². The molecule has 0 aliphatic heterocycles. The van der Waals surface area contributed by atoms with Gasteiger partial charge in [-0.2, -0.15) is 5.10 Å². The molecule has 0 atom stereocenters. The van der Waals surface area contributed by atoms with Crippen molar-refractivity contribution in [1.29, 1.82) is 0 Å². The monoisotopic (exact) mass is 344 g/mol. The molecule has 1 amide bonds. The number of alkyl halides is 2. The fourth-order valence-corrected chi connectivity index (χ4v) is 2.51. The summed E-state index contributed by atoms with van der Waals surface area (Å²) in [6.07, 6.45) is -0.686. The largest absolute Gasteiger partial charge is 0.352 e. The number of carbonyl (C=O) groups excluding carboxylic acids is 1. The minimum atomic E-state index is -2.74. The molecule has 130 valence electrons. The highest BCUT2D eigenvalue weighted by atomic mass is 19.3. The van der Waals surface area contributed by atoms with Crippen molar-refractivity contribution >= 4 is 11.6 Å². The van der Waals surface area contributed by atoms with Crippen LogP contribution < -0.4 is 5.32 Å². The second-order valence-corrected chi connectivity index (χ2v) is 5.78. The Balaban J connectivity index is 2.16. The van der Waals surface area contributed by atoms with Crippen LogP contribution in [0.1, 0.15) is 41.4 Å². The van der Waals surface area contributed by atoms with Gasteiger partial charge in [-0.15, -0.1) is 0 Å². The first-order valence-corrected chi connectivity index (χ1v) is 8.03. The lowest BCUT2D eigenvalue weighted by Gasteiger charge is -2.09. The molecule has 0 aliphatic carbocycles. The Morgan fingerprint density at radius 2 is 2.00 bits per heavy atom. The number of rotatable bonds is 5. The molecule has 1 aromatic carbocycles. The number of aryl methyl sites for hydroxylation is 1. The highest BCUT2D eigenvalue weighted by Gasteiger charge is 2.21. The number of nitrogens with one attached hydrogen (secondary N) is 1. The Labute approximate surface area is 143 Å². The van der Waals surface area contributed by atoms with Crippen LogP contribution in [0.4, 0.5) is 8.78 Å². The molecule has 0 spiro atoms. The first-order valence-electron chi connectivity index (χ1n) is 8.03. The minimum Gasteiger partial charge on any atom is -0.352 e. The number of hydrogen-bond acceptors (Lipinski definition) is 3. The highest BCUT2D eigenvalue weighted by molar-refractivity contribution is 5.99. The number of nitrogens with zero attached hydrogens (tertiary/aromatic N) is 3. The van der Waals surface area contributed by atoms with Crippen LogP contribution >= 0.6 is 0 Å². The summed E-state index contributed by atoms with van der Waals surface area (Å²) in [6.45, 7) is 4.37. The van der Waals surface area contributed by atoms with E-state index in [9.17, 15) is 13.6 Å². The van der Waals surface area contributed by atoms with E-state index in [2.05, 4.69) is 15.4 Å². The second-order valence-electron chi connectivity index (χ2n) is 5.78. The van der Waals surface area contributed by atoms with E-state index in [1.54, 1.807) is 0 Å². The van der Waals surface area contributed by atoms with Gasteiger partial charge in [0.1, 0.15) is 11.3 Å². The molecule has 1 N–H and O–H groups in total. The molecular formula is C18H18F2N4O. The number of hydrogen-bond donors (Lipinski definition) is 1. The van der Waals surface area contributed by atoms with Crippen LogP contribution in [-0.2, 0) is 0 Å². The molecule has 0 bridgehead atoms. The van der Waals surface area contributed by atoms with Crippen molar-refractivity contribution in [2.24, 2.45) is 0 Å².